The quantitative estimate of drug-likeness (QED) is 0.442. The number of sulfonamides is 1. The van der Waals surface area contributed by atoms with Crippen molar-refractivity contribution in [1.29, 1.82) is 0 Å². The van der Waals surface area contributed by atoms with Crippen LogP contribution >= 0.6 is 11.8 Å². The highest BCUT2D eigenvalue weighted by atomic mass is 32.2. The number of nitrogen functional groups attached to an aromatic ring is 1. The topological polar surface area (TPSA) is 103 Å². The van der Waals surface area contributed by atoms with Gasteiger partial charge in [0.2, 0.25) is 15.2 Å². The van der Waals surface area contributed by atoms with E-state index < -0.39 is 10.0 Å². The van der Waals surface area contributed by atoms with Crippen LogP contribution in [0.3, 0.4) is 0 Å². The molecule has 2 aromatic rings. The van der Waals surface area contributed by atoms with Crippen LogP contribution in [0.5, 0.6) is 0 Å². The highest BCUT2D eigenvalue weighted by Crippen LogP contribution is 2.21. The molecule has 3 N–H and O–H groups in total. The molecule has 9 heteroatoms. The summed E-state index contributed by atoms with van der Waals surface area (Å²) in [5.41, 5.74) is 2.05. The summed E-state index contributed by atoms with van der Waals surface area (Å²) in [6.07, 6.45) is 0. The van der Waals surface area contributed by atoms with E-state index in [1.54, 1.807) is 6.92 Å². The minimum absolute atomic E-state index is 0.0717. The molecular weight excluding hydrogens is 322 g/mol. The fourth-order valence-electron chi connectivity index (χ4n) is 1.72. The molecule has 0 aliphatic rings. The number of aromatic nitrogens is 3. The summed E-state index contributed by atoms with van der Waals surface area (Å²) in [6, 6.07) is 7.84. The van der Waals surface area contributed by atoms with Crippen LogP contribution in [0.4, 0.5) is 0 Å². The third-order valence-corrected chi connectivity index (χ3v) is 5.36. The Morgan fingerprint density at radius 1 is 1.27 bits per heavy atom. The van der Waals surface area contributed by atoms with Crippen LogP contribution in [-0.2, 0) is 10.0 Å². The molecule has 0 saturated carbocycles. The molecule has 1 heterocycles. The predicted molar refractivity (Wildman–Crippen MR) is 88.5 cm³/mol. The van der Waals surface area contributed by atoms with Crippen molar-refractivity contribution in [1.82, 2.24) is 19.6 Å². The SMILES string of the molecule is CCS(=O)(=O)NCCSc1nnc(-c2ccc(C)cc2)n1N. The molecule has 0 radical (unpaired) electrons. The first-order valence-electron chi connectivity index (χ1n) is 6.80. The lowest BCUT2D eigenvalue weighted by atomic mass is 10.1. The normalized spacial score (nSPS) is 11.7. The second-order valence-electron chi connectivity index (χ2n) is 4.69. The van der Waals surface area contributed by atoms with E-state index in [1.807, 2.05) is 31.2 Å². The van der Waals surface area contributed by atoms with Crippen LogP contribution in [0.25, 0.3) is 11.4 Å². The zero-order chi connectivity index (χ0) is 16.2. The zero-order valence-corrected chi connectivity index (χ0v) is 14.1. The van der Waals surface area contributed by atoms with Crippen molar-refractivity contribution < 1.29 is 8.42 Å². The van der Waals surface area contributed by atoms with Crippen LogP contribution in [-0.4, -0.2) is 41.3 Å². The van der Waals surface area contributed by atoms with Crippen molar-refractivity contribution in [2.24, 2.45) is 0 Å². The average Bonchev–Trinajstić information content (AvgIpc) is 2.86. The molecule has 120 valence electrons. The van der Waals surface area contributed by atoms with Crippen molar-refractivity contribution in [3.8, 4) is 11.4 Å². The maximum atomic E-state index is 11.3. The van der Waals surface area contributed by atoms with Gasteiger partial charge in [-0.2, -0.15) is 0 Å². The van der Waals surface area contributed by atoms with E-state index in [-0.39, 0.29) is 5.75 Å². The largest absolute Gasteiger partial charge is 0.335 e. The predicted octanol–water partition coefficient (Wildman–Crippen LogP) is 0.999. The number of rotatable bonds is 7. The summed E-state index contributed by atoms with van der Waals surface area (Å²) >= 11 is 1.35. The highest BCUT2D eigenvalue weighted by Gasteiger charge is 2.12. The van der Waals surface area contributed by atoms with E-state index in [9.17, 15) is 8.42 Å². The minimum Gasteiger partial charge on any atom is -0.335 e. The third-order valence-electron chi connectivity index (χ3n) is 3.01. The van der Waals surface area contributed by atoms with Gasteiger partial charge in [0.15, 0.2) is 5.82 Å². The van der Waals surface area contributed by atoms with Crippen molar-refractivity contribution >= 4 is 21.8 Å². The van der Waals surface area contributed by atoms with Crippen LogP contribution in [0.1, 0.15) is 12.5 Å². The molecule has 0 fully saturated rings. The number of thioether (sulfide) groups is 1. The second-order valence-corrected chi connectivity index (χ2v) is 7.85. The molecule has 0 amide bonds. The Hall–Kier alpha value is -1.58. The summed E-state index contributed by atoms with van der Waals surface area (Å²) < 4.78 is 26.5. The zero-order valence-electron chi connectivity index (χ0n) is 12.5. The Balaban J connectivity index is 1.98. The lowest BCUT2D eigenvalue weighted by Crippen LogP contribution is -2.27. The molecule has 0 bridgehead atoms. The fraction of sp³-hybridized carbons (Fsp3) is 0.385. The molecular formula is C13H19N5O2S2. The second kappa shape index (κ2) is 7.12. The number of nitrogens with zero attached hydrogens (tertiary/aromatic N) is 3. The average molecular weight is 341 g/mol. The maximum absolute atomic E-state index is 11.3. The van der Waals surface area contributed by atoms with Crippen LogP contribution in [0.15, 0.2) is 29.4 Å². The number of hydrogen-bond acceptors (Lipinski definition) is 6. The first kappa shape index (κ1) is 16.8. The van der Waals surface area contributed by atoms with Gasteiger partial charge < -0.3 is 5.84 Å². The van der Waals surface area contributed by atoms with Crippen molar-refractivity contribution in [3.05, 3.63) is 29.8 Å². The Kier molecular flexibility index (Phi) is 5.43. The van der Waals surface area contributed by atoms with Crippen molar-refractivity contribution in [3.63, 3.8) is 0 Å². The van der Waals surface area contributed by atoms with E-state index in [0.717, 1.165) is 11.1 Å². The van der Waals surface area contributed by atoms with E-state index in [4.69, 9.17) is 5.84 Å². The molecule has 1 aromatic heterocycles. The molecule has 22 heavy (non-hydrogen) atoms. The van der Waals surface area contributed by atoms with E-state index >= 15 is 0 Å². The van der Waals surface area contributed by atoms with Gasteiger partial charge >= 0.3 is 0 Å². The monoisotopic (exact) mass is 341 g/mol. The Morgan fingerprint density at radius 3 is 2.59 bits per heavy atom. The highest BCUT2D eigenvalue weighted by molar-refractivity contribution is 7.99. The third kappa shape index (κ3) is 4.21. The molecule has 2 rings (SSSR count). The number of aryl methyl sites for hydroxylation is 1. The van der Waals surface area contributed by atoms with E-state index in [0.29, 0.717) is 23.3 Å². The molecule has 0 atom stereocenters. The van der Waals surface area contributed by atoms with Crippen LogP contribution in [0.2, 0.25) is 0 Å². The Labute approximate surface area is 134 Å². The van der Waals surface area contributed by atoms with Gasteiger partial charge in [0.05, 0.1) is 5.75 Å². The summed E-state index contributed by atoms with van der Waals surface area (Å²) in [5, 5.41) is 8.68. The molecule has 0 saturated heterocycles. The number of nitrogens with one attached hydrogen (secondary N) is 1. The number of nitrogens with two attached hydrogens (primary N) is 1. The van der Waals surface area contributed by atoms with Gasteiger partial charge in [-0.3, -0.25) is 0 Å². The van der Waals surface area contributed by atoms with Crippen molar-refractivity contribution in [2.45, 2.75) is 19.0 Å². The Morgan fingerprint density at radius 2 is 1.95 bits per heavy atom. The van der Waals surface area contributed by atoms with Gasteiger partial charge in [0, 0.05) is 17.9 Å². The molecule has 0 aliphatic heterocycles. The lowest BCUT2D eigenvalue weighted by Gasteiger charge is -2.05. The van der Waals surface area contributed by atoms with Crippen LogP contribution in [0, 0.1) is 6.92 Å². The van der Waals surface area contributed by atoms with Gasteiger partial charge in [-0.15, -0.1) is 10.2 Å². The first-order valence-corrected chi connectivity index (χ1v) is 9.44. The number of hydrogen-bond donors (Lipinski definition) is 2. The fourth-order valence-corrected chi connectivity index (χ4v) is 3.17. The molecule has 0 spiro atoms. The molecule has 0 aliphatic carbocycles. The minimum atomic E-state index is -3.16. The number of benzene rings is 1. The molecule has 7 nitrogen and oxygen atoms in total. The lowest BCUT2D eigenvalue weighted by molar-refractivity contribution is 0.585. The summed E-state index contributed by atoms with van der Waals surface area (Å²) in [7, 11) is -3.16. The van der Waals surface area contributed by atoms with E-state index in [1.165, 1.54) is 16.4 Å². The summed E-state index contributed by atoms with van der Waals surface area (Å²) in [5.74, 6) is 7.18. The molecule has 1 aromatic carbocycles. The van der Waals surface area contributed by atoms with Gasteiger partial charge in [-0.05, 0) is 13.8 Å². The van der Waals surface area contributed by atoms with Gasteiger partial charge in [-0.1, -0.05) is 41.6 Å². The summed E-state index contributed by atoms with van der Waals surface area (Å²) in [6.45, 7) is 3.93. The van der Waals surface area contributed by atoms with Crippen molar-refractivity contribution in [2.75, 3.05) is 23.9 Å². The summed E-state index contributed by atoms with van der Waals surface area (Å²) in [4.78, 5) is 0. The smallest absolute Gasteiger partial charge is 0.211 e. The molecule has 0 unspecified atom stereocenters. The van der Waals surface area contributed by atoms with Gasteiger partial charge in [0.1, 0.15) is 0 Å². The standard InChI is InChI=1S/C13H19N5O2S2/c1-3-22(19,20)15-8-9-21-13-17-16-12(18(13)14)11-6-4-10(2)5-7-11/h4-7,15H,3,8-9,14H2,1-2H3. The van der Waals surface area contributed by atoms with Gasteiger partial charge in [0.25, 0.3) is 0 Å². The first-order chi connectivity index (χ1) is 10.4. The van der Waals surface area contributed by atoms with Crippen LogP contribution < -0.4 is 10.6 Å². The maximum Gasteiger partial charge on any atom is 0.211 e. The van der Waals surface area contributed by atoms with Gasteiger partial charge in [-0.25, -0.2) is 17.8 Å². The van der Waals surface area contributed by atoms with E-state index in [2.05, 4.69) is 14.9 Å². The Bertz CT molecular complexity index is 725.